The SMILES string of the molecule is CCCNCc1c(Br)ccc(OC)c1OCc1ccccc1. The Hall–Kier alpha value is -1.52. The maximum atomic E-state index is 6.06. The molecule has 2 aromatic rings. The van der Waals surface area contributed by atoms with Crippen LogP contribution >= 0.6 is 15.9 Å². The highest BCUT2D eigenvalue weighted by Gasteiger charge is 2.14. The molecule has 0 aliphatic carbocycles. The highest BCUT2D eigenvalue weighted by Crippen LogP contribution is 2.36. The first-order chi connectivity index (χ1) is 10.8. The average Bonchev–Trinajstić information content (AvgIpc) is 2.56. The molecule has 118 valence electrons. The van der Waals surface area contributed by atoms with Crippen molar-refractivity contribution >= 4 is 15.9 Å². The summed E-state index contributed by atoms with van der Waals surface area (Å²) < 4.78 is 12.6. The molecule has 2 aromatic carbocycles. The number of halogens is 1. The average molecular weight is 364 g/mol. The van der Waals surface area contributed by atoms with Gasteiger partial charge in [-0.05, 0) is 30.7 Å². The van der Waals surface area contributed by atoms with Gasteiger partial charge in [0.1, 0.15) is 6.61 Å². The van der Waals surface area contributed by atoms with Gasteiger partial charge in [0.2, 0.25) is 0 Å². The van der Waals surface area contributed by atoms with Gasteiger partial charge in [-0.15, -0.1) is 0 Å². The molecule has 0 spiro atoms. The molecule has 0 bridgehead atoms. The summed E-state index contributed by atoms with van der Waals surface area (Å²) in [5.41, 5.74) is 2.22. The Balaban J connectivity index is 2.20. The highest BCUT2D eigenvalue weighted by atomic mass is 79.9. The lowest BCUT2D eigenvalue weighted by Gasteiger charge is -2.17. The molecule has 0 radical (unpaired) electrons. The van der Waals surface area contributed by atoms with Gasteiger partial charge in [-0.3, -0.25) is 0 Å². The summed E-state index contributed by atoms with van der Waals surface area (Å²) >= 11 is 3.61. The summed E-state index contributed by atoms with van der Waals surface area (Å²) in [6.45, 7) is 4.40. The lowest BCUT2D eigenvalue weighted by Crippen LogP contribution is -2.15. The fraction of sp³-hybridized carbons (Fsp3) is 0.333. The van der Waals surface area contributed by atoms with Crippen LogP contribution in [0.15, 0.2) is 46.9 Å². The summed E-state index contributed by atoms with van der Waals surface area (Å²) in [5, 5.41) is 3.42. The number of hydrogen-bond donors (Lipinski definition) is 1. The zero-order valence-corrected chi connectivity index (χ0v) is 14.7. The lowest BCUT2D eigenvalue weighted by molar-refractivity contribution is 0.280. The maximum absolute atomic E-state index is 6.06. The number of nitrogens with one attached hydrogen (secondary N) is 1. The van der Waals surface area contributed by atoms with Crippen molar-refractivity contribution in [2.45, 2.75) is 26.5 Å². The van der Waals surface area contributed by atoms with Crippen LogP contribution < -0.4 is 14.8 Å². The van der Waals surface area contributed by atoms with Crippen LogP contribution in [-0.2, 0) is 13.2 Å². The van der Waals surface area contributed by atoms with Crippen molar-refractivity contribution in [2.75, 3.05) is 13.7 Å². The number of ether oxygens (including phenoxy) is 2. The molecule has 0 heterocycles. The van der Waals surface area contributed by atoms with Crippen LogP contribution in [0.25, 0.3) is 0 Å². The van der Waals surface area contributed by atoms with Crippen LogP contribution in [0.5, 0.6) is 11.5 Å². The van der Waals surface area contributed by atoms with Crippen LogP contribution in [0.2, 0.25) is 0 Å². The van der Waals surface area contributed by atoms with Gasteiger partial charge in [0.05, 0.1) is 7.11 Å². The van der Waals surface area contributed by atoms with Gasteiger partial charge in [0.15, 0.2) is 11.5 Å². The summed E-state index contributed by atoms with van der Waals surface area (Å²) in [5.74, 6) is 1.55. The third-order valence-electron chi connectivity index (χ3n) is 3.34. The van der Waals surface area contributed by atoms with Crippen LogP contribution in [0.1, 0.15) is 24.5 Å². The van der Waals surface area contributed by atoms with E-state index in [9.17, 15) is 0 Å². The fourth-order valence-corrected chi connectivity index (χ4v) is 2.64. The van der Waals surface area contributed by atoms with E-state index < -0.39 is 0 Å². The van der Waals surface area contributed by atoms with Gasteiger partial charge in [0.25, 0.3) is 0 Å². The van der Waals surface area contributed by atoms with Gasteiger partial charge in [-0.2, -0.15) is 0 Å². The molecule has 22 heavy (non-hydrogen) atoms. The number of methoxy groups -OCH3 is 1. The smallest absolute Gasteiger partial charge is 0.167 e. The third-order valence-corrected chi connectivity index (χ3v) is 4.08. The second kappa shape index (κ2) is 8.81. The molecule has 0 unspecified atom stereocenters. The van der Waals surface area contributed by atoms with E-state index >= 15 is 0 Å². The number of rotatable bonds is 8. The molecule has 0 aliphatic heterocycles. The molecule has 3 nitrogen and oxygen atoms in total. The predicted octanol–water partition coefficient (Wildman–Crippen LogP) is 4.54. The van der Waals surface area contributed by atoms with Crippen LogP contribution in [0.3, 0.4) is 0 Å². The van der Waals surface area contributed by atoms with E-state index in [1.54, 1.807) is 7.11 Å². The Morgan fingerprint density at radius 3 is 2.55 bits per heavy atom. The van der Waals surface area contributed by atoms with Crippen molar-refractivity contribution in [3.05, 3.63) is 58.1 Å². The Morgan fingerprint density at radius 1 is 1.09 bits per heavy atom. The maximum Gasteiger partial charge on any atom is 0.167 e. The highest BCUT2D eigenvalue weighted by molar-refractivity contribution is 9.10. The predicted molar refractivity (Wildman–Crippen MR) is 93.5 cm³/mol. The van der Waals surface area contributed by atoms with E-state index in [2.05, 4.69) is 40.3 Å². The van der Waals surface area contributed by atoms with Crippen molar-refractivity contribution in [3.63, 3.8) is 0 Å². The minimum absolute atomic E-state index is 0.522. The van der Waals surface area contributed by atoms with Crippen molar-refractivity contribution in [1.29, 1.82) is 0 Å². The zero-order valence-electron chi connectivity index (χ0n) is 13.1. The second-order valence-electron chi connectivity index (χ2n) is 5.01. The van der Waals surface area contributed by atoms with Gasteiger partial charge in [0, 0.05) is 16.6 Å². The molecule has 0 saturated carbocycles. The Labute approximate surface area is 140 Å². The number of benzene rings is 2. The Bertz CT molecular complexity index is 587. The van der Waals surface area contributed by atoms with Gasteiger partial charge >= 0.3 is 0 Å². The summed E-state index contributed by atoms with van der Waals surface area (Å²) in [7, 11) is 1.67. The van der Waals surface area contributed by atoms with Crippen molar-refractivity contribution in [2.24, 2.45) is 0 Å². The molecular weight excluding hydrogens is 342 g/mol. The summed E-state index contributed by atoms with van der Waals surface area (Å²) in [6.07, 6.45) is 1.10. The van der Waals surface area contributed by atoms with E-state index in [-0.39, 0.29) is 0 Å². The van der Waals surface area contributed by atoms with Crippen LogP contribution in [0, 0.1) is 0 Å². The zero-order chi connectivity index (χ0) is 15.8. The van der Waals surface area contributed by atoms with E-state index in [4.69, 9.17) is 9.47 Å². The van der Waals surface area contributed by atoms with E-state index in [1.807, 2.05) is 30.3 Å². The van der Waals surface area contributed by atoms with Crippen molar-refractivity contribution in [1.82, 2.24) is 5.32 Å². The molecule has 0 atom stereocenters. The minimum Gasteiger partial charge on any atom is -0.493 e. The van der Waals surface area contributed by atoms with Gasteiger partial charge in [-0.25, -0.2) is 0 Å². The third kappa shape index (κ3) is 4.49. The first-order valence-electron chi connectivity index (χ1n) is 7.49. The normalized spacial score (nSPS) is 10.5. The minimum atomic E-state index is 0.522. The van der Waals surface area contributed by atoms with Crippen LogP contribution in [-0.4, -0.2) is 13.7 Å². The van der Waals surface area contributed by atoms with E-state index in [0.717, 1.165) is 46.6 Å². The van der Waals surface area contributed by atoms with Gasteiger partial charge in [-0.1, -0.05) is 53.2 Å². The largest absolute Gasteiger partial charge is 0.493 e. The second-order valence-corrected chi connectivity index (χ2v) is 5.86. The molecule has 1 N–H and O–H groups in total. The topological polar surface area (TPSA) is 30.5 Å². The van der Waals surface area contributed by atoms with Crippen LogP contribution in [0.4, 0.5) is 0 Å². The fourth-order valence-electron chi connectivity index (χ4n) is 2.19. The first kappa shape index (κ1) is 16.8. The monoisotopic (exact) mass is 363 g/mol. The standard InChI is InChI=1S/C18H22BrNO2/c1-3-11-20-12-15-16(19)9-10-17(21-2)18(15)22-13-14-7-5-4-6-8-14/h4-10,20H,3,11-13H2,1-2H3. The quantitative estimate of drug-likeness (QED) is 0.698. The molecule has 0 fully saturated rings. The molecule has 0 amide bonds. The van der Waals surface area contributed by atoms with Gasteiger partial charge < -0.3 is 14.8 Å². The lowest BCUT2D eigenvalue weighted by atomic mass is 10.1. The molecular formula is C18H22BrNO2. The van der Waals surface area contributed by atoms with E-state index in [1.165, 1.54) is 0 Å². The van der Waals surface area contributed by atoms with Crippen molar-refractivity contribution in [3.8, 4) is 11.5 Å². The molecule has 0 aromatic heterocycles. The molecule has 4 heteroatoms. The number of hydrogen-bond acceptors (Lipinski definition) is 3. The molecule has 2 rings (SSSR count). The summed E-state index contributed by atoms with van der Waals surface area (Å²) in [6, 6.07) is 14.1. The Kier molecular flexibility index (Phi) is 6.74. The molecule has 0 saturated heterocycles. The van der Waals surface area contributed by atoms with Crippen molar-refractivity contribution < 1.29 is 9.47 Å². The molecule has 0 aliphatic rings. The Morgan fingerprint density at radius 2 is 1.86 bits per heavy atom. The van der Waals surface area contributed by atoms with E-state index in [0.29, 0.717) is 6.61 Å². The first-order valence-corrected chi connectivity index (χ1v) is 8.28. The summed E-state index contributed by atoms with van der Waals surface area (Å²) in [4.78, 5) is 0.